The van der Waals surface area contributed by atoms with Crippen molar-refractivity contribution in [3.05, 3.63) is 59.9 Å². The number of carbonyl (C=O) groups excluding carboxylic acids is 2. The van der Waals surface area contributed by atoms with Crippen molar-refractivity contribution in [3.8, 4) is 11.8 Å². The summed E-state index contributed by atoms with van der Waals surface area (Å²) in [5, 5.41) is 11.0. The molecular weight excluding hydrogens is 327 g/mol. The van der Waals surface area contributed by atoms with Crippen LogP contribution in [0.5, 0.6) is 5.75 Å². The molecule has 0 fully saturated rings. The van der Waals surface area contributed by atoms with Crippen molar-refractivity contribution in [2.24, 2.45) is 0 Å². The average molecular weight is 342 g/mol. The Balaban J connectivity index is 1.81. The molecule has 0 unspecified atom stereocenters. The molecule has 1 amide bonds. The van der Waals surface area contributed by atoms with Crippen LogP contribution in [0.4, 0.5) is 10.1 Å². The van der Waals surface area contributed by atoms with E-state index in [9.17, 15) is 14.0 Å². The number of benzene rings is 2. The topological polar surface area (TPSA) is 88.4 Å². The molecule has 0 saturated heterocycles. The van der Waals surface area contributed by atoms with Gasteiger partial charge >= 0.3 is 5.97 Å². The Morgan fingerprint density at radius 3 is 2.52 bits per heavy atom. The van der Waals surface area contributed by atoms with Gasteiger partial charge in [-0.3, -0.25) is 4.79 Å². The number of anilines is 1. The summed E-state index contributed by atoms with van der Waals surface area (Å²) in [7, 11) is 0. The first-order valence-electron chi connectivity index (χ1n) is 7.37. The van der Waals surface area contributed by atoms with Gasteiger partial charge in [0, 0.05) is 0 Å². The molecule has 25 heavy (non-hydrogen) atoms. The van der Waals surface area contributed by atoms with Gasteiger partial charge in [-0.05, 0) is 43.3 Å². The van der Waals surface area contributed by atoms with Crippen LogP contribution in [0.3, 0.4) is 0 Å². The number of hydrogen-bond donors (Lipinski definition) is 1. The molecular formula is C18H15FN2O4. The molecule has 2 rings (SSSR count). The summed E-state index contributed by atoms with van der Waals surface area (Å²) in [6.45, 7) is 0.971. The molecule has 0 heterocycles. The molecule has 0 saturated carbocycles. The first kappa shape index (κ1) is 17.9. The van der Waals surface area contributed by atoms with Gasteiger partial charge in [0.1, 0.15) is 11.6 Å². The van der Waals surface area contributed by atoms with Crippen molar-refractivity contribution >= 4 is 17.6 Å². The number of amides is 1. The summed E-state index contributed by atoms with van der Waals surface area (Å²) in [6, 6.07) is 13.8. The Hall–Kier alpha value is -3.40. The maximum atomic E-state index is 13.5. The third-order valence-corrected chi connectivity index (χ3v) is 3.15. The number of nitrogens with one attached hydrogen (secondary N) is 1. The zero-order valence-corrected chi connectivity index (χ0v) is 13.4. The van der Waals surface area contributed by atoms with E-state index in [1.54, 1.807) is 30.3 Å². The maximum absolute atomic E-state index is 13.5. The van der Waals surface area contributed by atoms with E-state index in [-0.39, 0.29) is 5.69 Å². The van der Waals surface area contributed by atoms with E-state index in [4.69, 9.17) is 14.7 Å². The van der Waals surface area contributed by atoms with E-state index in [0.717, 1.165) is 0 Å². The molecule has 0 aromatic heterocycles. The number of ether oxygens (including phenoxy) is 2. The van der Waals surface area contributed by atoms with Crippen LogP contribution in [0.15, 0.2) is 48.5 Å². The minimum atomic E-state index is -1.11. The minimum absolute atomic E-state index is 0.00392. The van der Waals surface area contributed by atoms with Gasteiger partial charge in [0.25, 0.3) is 5.91 Å². The molecule has 2 aromatic rings. The van der Waals surface area contributed by atoms with Crippen molar-refractivity contribution < 1.29 is 23.5 Å². The van der Waals surface area contributed by atoms with Gasteiger partial charge < -0.3 is 14.8 Å². The molecule has 6 nitrogen and oxygen atoms in total. The van der Waals surface area contributed by atoms with Gasteiger partial charge in [0.2, 0.25) is 0 Å². The van der Waals surface area contributed by atoms with Crippen LogP contribution >= 0.6 is 0 Å². The summed E-state index contributed by atoms with van der Waals surface area (Å²) in [6.07, 6.45) is -1.11. The fourth-order valence-corrected chi connectivity index (χ4v) is 1.85. The van der Waals surface area contributed by atoms with Crippen LogP contribution in [0, 0.1) is 17.1 Å². The lowest BCUT2D eigenvalue weighted by Crippen LogP contribution is -2.31. The van der Waals surface area contributed by atoms with Crippen molar-refractivity contribution in [2.45, 2.75) is 13.0 Å². The van der Waals surface area contributed by atoms with E-state index in [0.29, 0.717) is 11.3 Å². The van der Waals surface area contributed by atoms with Gasteiger partial charge in [-0.2, -0.15) is 5.26 Å². The molecule has 0 aliphatic rings. The highest BCUT2D eigenvalue weighted by Gasteiger charge is 2.19. The minimum Gasteiger partial charge on any atom is -0.482 e. The zero-order chi connectivity index (χ0) is 18.2. The van der Waals surface area contributed by atoms with Crippen molar-refractivity contribution in [3.63, 3.8) is 0 Å². The number of nitriles is 1. The predicted molar refractivity (Wildman–Crippen MR) is 87.2 cm³/mol. The van der Waals surface area contributed by atoms with E-state index in [2.05, 4.69) is 5.32 Å². The van der Waals surface area contributed by atoms with E-state index < -0.39 is 30.4 Å². The van der Waals surface area contributed by atoms with Crippen LogP contribution in [0.25, 0.3) is 0 Å². The van der Waals surface area contributed by atoms with Crippen LogP contribution in [-0.4, -0.2) is 24.6 Å². The molecule has 7 heteroatoms. The number of halogens is 1. The largest absolute Gasteiger partial charge is 0.482 e. The van der Waals surface area contributed by atoms with Gasteiger partial charge in [-0.1, -0.05) is 12.1 Å². The van der Waals surface area contributed by atoms with Crippen molar-refractivity contribution in [1.82, 2.24) is 0 Å². The number of nitrogens with zero attached hydrogens (tertiary/aromatic N) is 1. The molecule has 0 aliphatic carbocycles. The van der Waals surface area contributed by atoms with Gasteiger partial charge in [-0.15, -0.1) is 0 Å². The Labute approximate surface area is 143 Å². The van der Waals surface area contributed by atoms with Crippen LogP contribution < -0.4 is 10.1 Å². The highest BCUT2D eigenvalue weighted by Crippen LogP contribution is 2.14. The Morgan fingerprint density at radius 2 is 1.88 bits per heavy atom. The SMILES string of the molecule is C[C@H](OC(=O)COc1ccc(C#N)cc1)C(=O)Nc1ccccc1F. The fourth-order valence-electron chi connectivity index (χ4n) is 1.85. The number of esters is 1. The second-order valence-electron chi connectivity index (χ2n) is 5.03. The first-order valence-corrected chi connectivity index (χ1v) is 7.37. The van der Waals surface area contributed by atoms with Crippen molar-refractivity contribution in [1.29, 1.82) is 5.26 Å². The summed E-state index contributed by atoms with van der Waals surface area (Å²) in [5.74, 6) is -1.60. The van der Waals surface area contributed by atoms with Crippen LogP contribution in [-0.2, 0) is 14.3 Å². The molecule has 1 atom stereocenters. The van der Waals surface area contributed by atoms with E-state index >= 15 is 0 Å². The summed E-state index contributed by atoms with van der Waals surface area (Å²) in [4.78, 5) is 23.6. The lowest BCUT2D eigenvalue weighted by Gasteiger charge is -2.14. The van der Waals surface area contributed by atoms with E-state index in [1.165, 1.54) is 25.1 Å². The second kappa shape index (κ2) is 8.45. The number of hydrogen-bond acceptors (Lipinski definition) is 5. The Morgan fingerprint density at radius 1 is 1.20 bits per heavy atom. The maximum Gasteiger partial charge on any atom is 0.344 e. The number of para-hydroxylation sites is 1. The number of carbonyl (C=O) groups is 2. The van der Waals surface area contributed by atoms with Crippen LogP contribution in [0.2, 0.25) is 0 Å². The highest BCUT2D eigenvalue weighted by molar-refractivity contribution is 5.95. The quantitative estimate of drug-likeness (QED) is 0.815. The standard InChI is InChI=1S/C18H15FN2O4/c1-12(18(23)21-16-5-3-2-4-15(16)19)25-17(22)11-24-14-8-6-13(10-20)7-9-14/h2-9,12H,11H2,1H3,(H,21,23)/t12-/m0/s1. The lowest BCUT2D eigenvalue weighted by atomic mass is 10.2. The third-order valence-electron chi connectivity index (χ3n) is 3.15. The lowest BCUT2D eigenvalue weighted by molar-refractivity contribution is -0.155. The Kier molecular flexibility index (Phi) is 6.07. The molecule has 128 valence electrons. The van der Waals surface area contributed by atoms with E-state index in [1.807, 2.05) is 6.07 Å². The smallest absolute Gasteiger partial charge is 0.344 e. The highest BCUT2D eigenvalue weighted by atomic mass is 19.1. The monoisotopic (exact) mass is 342 g/mol. The molecule has 2 aromatic carbocycles. The predicted octanol–water partition coefficient (Wildman–Crippen LogP) is 2.65. The van der Waals surface area contributed by atoms with Crippen LogP contribution in [0.1, 0.15) is 12.5 Å². The van der Waals surface area contributed by atoms with Gasteiger partial charge in [-0.25, -0.2) is 9.18 Å². The molecule has 1 N–H and O–H groups in total. The fraction of sp³-hybridized carbons (Fsp3) is 0.167. The Bertz CT molecular complexity index is 799. The third kappa shape index (κ3) is 5.32. The molecule has 0 bridgehead atoms. The summed E-state index contributed by atoms with van der Waals surface area (Å²) >= 11 is 0. The zero-order valence-electron chi connectivity index (χ0n) is 13.4. The average Bonchev–Trinajstić information content (AvgIpc) is 2.62. The summed E-state index contributed by atoms with van der Waals surface area (Å²) < 4.78 is 23.6. The van der Waals surface area contributed by atoms with Crippen molar-refractivity contribution in [2.75, 3.05) is 11.9 Å². The number of rotatable bonds is 6. The van der Waals surface area contributed by atoms with Gasteiger partial charge in [0.05, 0.1) is 17.3 Å². The molecule has 0 spiro atoms. The summed E-state index contributed by atoms with van der Waals surface area (Å²) in [5.41, 5.74) is 0.470. The molecule has 0 aliphatic heterocycles. The second-order valence-corrected chi connectivity index (χ2v) is 5.03. The molecule has 0 radical (unpaired) electrons. The van der Waals surface area contributed by atoms with Gasteiger partial charge in [0.15, 0.2) is 12.7 Å². The first-order chi connectivity index (χ1) is 12.0. The normalized spacial score (nSPS) is 11.1.